The topological polar surface area (TPSA) is 86.1 Å². The van der Waals surface area contributed by atoms with Gasteiger partial charge in [0.05, 0.1) is 13.1 Å². The molecule has 0 unspecified atom stereocenters. The number of carbonyl (C=O) groups is 2. The van der Waals surface area contributed by atoms with Crippen molar-refractivity contribution in [3.05, 3.63) is 76.9 Å². The number of primary amides is 1. The van der Waals surface area contributed by atoms with Crippen molar-refractivity contribution in [1.82, 2.24) is 19.2 Å². The van der Waals surface area contributed by atoms with Crippen LogP contribution in [-0.2, 0) is 26.6 Å². The standard InChI is InChI=1S/C20H21N5O2/c1-23-17(19(21)26)11-15-6-9-24(13-18(15)23)20(27)16-5-2-4-14(10-16)12-25-8-3-7-22-25/h2-5,7-8,10-11H,6,9,12-13H2,1H3,(H2,21,26). The smallest absolute Gasteiger partial charge is 0.265 e. The summed E-state index contributed by atoms with van der Waals surface area (Å²) in [5.41, 5.74) is 9.66. The summed E-state index contributed by atoms with van der Waals surface area (Å²) < 4.78 is 3.62. The van der Waals surface area contributed by atoms with E-state index in [1.807, 2.05) is 59.2 Å². The predicted octanol–water partition coefficient (Wildman–Crippen LogP) is 1.57. The largest absolute Gasteiger partial charge is 0.364 e. The van der Waals surface area contributed by atoms with Crippen LogP contribution >= 0.6 is 0 Å². The molecule has 1 aliphatic heterocycles. The normalized spacial score (nSPS) is 13.4. The number of carbonyl (C=O) groups excluding carboxylic acids is 2. The molecule has 0 saturated heterocycles. The van der Waals surface area contributed by atoms with Gasteiger partial charge in [0.15, 0.2) is 0 Å². The van der Waals surface area contributed by atoms with Gasteiger partial charge in [-0.2, -0.15) is 5.10 Å². The van der Waals surface area contributed by atoms with Crippen molar-refractivity contribution >= 4 is 11.8 Å². The number of amides is 2. The van der Waals surface area contributed by atoms with E-state index in [-0.39, 0.29) is 5.91 Å². The number of fused-ring (bicyclic) bond motifs is 1. The molecule has 2 amide bonds. The first-order chi connectivity index (χ1) is 13.0. The van der Waals surface area contributed by atoms with Crippen molar-refractivity contribution in [2.45, 2.75) is 19.5 Å². The summed E-state index contributed by atoms with van der Waals surface area (Å²) in [6.45, 7) is 1.72. The summed E-state index contributed by atoms with van der Waals surface area (Å²) >= 11 is 0. The molecule has 2 aromatic heterocycles. The summed E-state index contributed by atoms with van der Waals surface area (Å²) in [5, 5.41) is 4.21. The minimum Gasteiger partial charge on any atom is -0.364 e. The molecule has 27 heavy (non-hydrogen) atoms. The van der Waals surface area contributed by atoms with Gasteiger partial charge in [-0.25, -0.2) is 0 Å². The van der Waals surface area contributed by atoms with E-state index < -0.39 is 5.91 Å². The molecule has 0 radical (unpaired) electrons. The van der Waals surface area contributed by atoms with Gasteiger partial charge in [0.2, 0.25) is 0 Å². The summed E-state index contributed by atoms with van der Waals surface area (Å²) in [5.74, 6) is -0.458. The Morgan fingerprint density at radius 2 is 2.07 bits per heavy atom. The van der Waals surface area contributed by atoms with Crippen molar-refractivity contribution in [3.8, 4) is 0 Å². The van der Waals surface area contributed by atoms with Crippen molar-refractivity contribution in [2.24, 2.45) is 12.8 Å². The molecule has 3 heterocycles. The van der Waals surface area contributed by atoms with Crippen LogP contribution in [0.3, 0.4) is 0 Å². The van der Waals surface area contributed by atoms with E-state index in [0.29, 0.717) is 30.9 Å². The summed E-state index contributed by atoms with van der Waals surface area (Å²) in [6, 6.07) is 11.4. The van der Waals surface area contributed by atoms with Crippen LogP contribution in [0.2, 0.25) is 0 Å². The monoisotopic (exact) mass is 363 g/mol. The molecule has 0 fully saturated rings. The van der Waals surface area contributed by atoms with Gasteiger partial charge in [0.1, 0.15) is 5.69 Å². The number of benzene rings is 1. The molecular weight excluding hydrogens is 342 g/mol. The van der Waals surface area contributed by atoms with Gasteiger partial charge in [0, 0.05) is 37.2 Å². The highest BCUT2D eigenvalue weighted by atomic mass is 16.2. The summed E-state index contributed by atoms with van der Waals surface area (Å²) in [4.78, 5) is 26.4. The van der Waals surface area contributed by atoms with Gasteiger partial charge < -0.3 is 15.2 Å². The van der Waals surface area contributed by atoms with Gasteiger partial charge in [0.25, 0.3) is 11.8 Å². The molecule has 1 aliphatic rings. The Kier molecular flexibility index (Phi) is 4.27. The molecule has 7 heteroatoms. The first kappa shape index (κ1) is 17.1. The number of hydrogen-bond acceptors (Lipinski definition) is 3. The maximum absolute atomic E-state index is 13.0. The van der Waals surface area contributed by atoms with Crippen LogP contribution in [0.4, 0.5) is 0 Å². The van der Waals surface area contributed by atoms with Crippen molar-refractivity contribution in [3.63, 3.8) is 0 Å². The quantitative estimate of drug-likeness (QED) is 0.763. The lowest BCUT2D eigenvalue weighted by Gasteiger charge is -2.28. The molecule has 1 aromatic carbocycles. The predicted molar refractivity (Wildman–Crippen MR) is 100 cm³/mol. The van der Waals surface area contributed by atoms with E-state index in [1.54, 1.807) is 10.8 Å². The number of aromatic nitrogens is 3. The average Bonchev–Trinajstić information content (AvgIpc) is 3.29. The number of nitrogens with two attached hydrogens (primary N) is 1. The summed E-state index contributed by atoms with van der Waals surface area (Å²) in [6.07, 6.45) is 4.35. The van der Waals surface area contributed by atoms with Gasteiger partial charge in [-0.15, -0.1) is 0 Å². The fourth-order valence-corrected chi connectivity index (χ4v) is 3.62. The third-order valence-electron chi connectivity index (χ3n) is 5.06. The Labute approximate surface area is 157 Å². The Bertz CT molecular complexity index is 1000. The molecule has 3 aromatic rings. The third kappa shape index (κ3) is 3.23. The maximum Gasteiger partial charge on any atom is 0.265 e. The third-order valence-corrected chi connectivity index (χ3v) is 5.06. The van der Waals surface area contributed by atoms with Crippen molar-refractivity contribution in [1.29, 1.82) is 0 Å². The van der Waals surface area contributed by atoms with E-state index in [0.717, 1.165) is 23.2 Å². The first-order valence-electron chi connectivity index (χ1n) is 8.86. The second-order valence-electron chi connectivity index (χ2n) is 6.81. The van der Waals surface area contributed by atoms with E-state index in [9.17, 15) is 9.59 Å². The number of rotatable bonds is 4. The number of hydrogen-bond donors (Lipinski definition) is 1. The lowest BCUT2D eigenvalue weighted by atomic mass is 10.0. The van der Waals surface area contributed by atoms with E-state index in [2.05, 4.69) is 5.10 Å². The second-order valence-corrected chi connectivity index (χ2v) is 6.81. The van der Waals surface area contributed by atoms with Crippen LogP contribution in [0.5, 0.6) is 0 Å². The van der Waals surface area contributed by atoms with Gasteiger partial charge in [-0.05, 0) is 41.8 Å². The molecule has 0 saturated carbocycles. The number of nitrogens with zero attached hydrogens (tertiary/aromatic N) is 4. The first-order valence-corrected chi connectivity index (χ1v) is 8.86. The van der Waals surface area contributed by atoms with Crippen LogP contribution < -0.4 is 5.73 Å². The maximum atomic E-state index is 13.0. The second kappa shape index (κ2) is 6.75. The van der Waals surface area contributed by atoms with Gasteiger partial charge >= 0.3 is 0 Å². The van der Waals surface area contributed by atoms with Gasteiger partial charge in [-0.3, -0.25) is 14.3 Å². The van der Waals surface area contributed by atoms with Crippen LogP contribution in [0.15, 0.2) is 48.8 Å². The van der Waals surface area contributed by atoms with Gasteiger partial charge in [-0.1, -0.05) is 12.1 Å². The SMILES string of the molecule is Cn1c(C(N)=O)cc2c1CN(C(=O)c1cccc(Cn3cccn3)c1)CC2. The van der Waals surface area contributed by atoms with E-state index in [4.69, 9.17) is 5.73 Å². The fraction of sp³-hybridized carbons (Fsp3) is 0.250. The molecule has 0 spiro atoms. The Hall–Kier alpha value is -3.35. The lowest BCUT2D eigenvalue weighted by Crippen LogP contribution is -2.36. The molecule has 0 atom stereocenters. The molecule has 4 rings (SSSR count). The Morgan fingerprint density at radius 3 is 2.81 bits per heavy atom. The van der Waals surface area contributed by atoms with Crippen molar-refractivity contribution < 1.29 is 9.59 Å². The molecule has 0 bridgehead atoms. The zero-order valence-corrected chi connectivity index (χ0v) is 15.1. The molecule has 7 nitrogen and oxygen atoms in total. The lowest BCUT2D eigenvalue weighted by molar-refractivity contribution is 0.0730. The zero-order chi connectivity index (χ0) is 19.0. The van der Waals surface area contributed by atoms with E-state index >= 15 is 0 Å². The Morgan fingerprint density at radius 1 is 1.22 bits per heavy atom. The zero-order valence-electron chi connectivity index (χ0n) is 15.1. The minimum absolute atomic E-state index is 0.00945. The summed E-state index contributed by atoms with van der Waals surface area (Å²) in [7, 11) is 1.82. The highest BCUT2D eigenvalue weighted by molar-refractivity contribution is 5.95. The molecular formula is C20H21N5O2. The van der Waals surface area contributed by atoms with Crippen molar-refractivity contribution in [2.75, 3.05) is 6.54 Å². The van der Waals surface area contributed by atoms with Crippen LogP contribution in [-0.4, -0.2) is 37.6 Å². The van der Waals surface area contributed by atoms with Crippen LogP contribution in [0.25, 0.3) is 0 Å². The highest BCUT2D eigenvalue weighted by Gasteiger charge is 2.26. The highest BCUT2D eigenvalue weighted by Crippen LogP contribution is 2.24. The minimum atomic E-state index is -0.448. The average molecular weight is 363 g/mol. The van der Waals surface area contributed by atoms with Crippen LogP contribution in [0.1, 0.15) is 37.7 Å². The Balaban J connectivity index is 1.55. The molecule has 2 N–H and O–H groups in total. The van der Waals surface area contributed by atoms with E-state index in [1.165, 1.54) is 0 Å². The molecule has 0 aliphatic carbocycles. The van der Waals surface area contributed by atoms with Crippen LogP contribution in [0, 0.1) is 0 Å². The molecule has 138 valence electrons. The fourth-order valence-electron chi connectivity index (χ4n) is 3.62.